The second-order valence-corrected chi connectivity index (χ2v) is 4.38. The van der Waals surface area contributed by atoms with Gasteiger partial charge in [-0.15, -0.1) is 11.3 Å². The van der Waals surface area contributed by atoms with E-state index in [1.807, 2.05) is 0 Å². The molecule has 0 fully saturated rings. The number of hydrogen-bond acceptors (Lipinski definition) is 5. The van der Waals surface area contributed by atoms with Crippen LogP contribution in [0.5, 0.6) is 0 Å². The van der Waals surface area contributed by atoms with Gasteiger partial charge in [-0.05, 0) is 24.6 Å². The van der Waals surface area contributed by atoms with Crippen molar-refractivity contribution in [3.63, 3.8) is 0 Å². The number of nitrogens with zero attached hydrogens (tertiary/aromatic N) is 2. The molecule has 1 atom stereocenters. The summed E-state index contributed by atoms with van der Waals surface area (Å²) in [6.07, 6.45) is 3.14. The second kappa shape index (κ2) is 4.50. The Labute approximate surface area is 102 Å². The minimum absolute atomic E-state index is 0.553. The first-order valence-electron chi connectivity index (χ1n) is 4.93. The van der Waals surface area contributed by atoms with Gasteiger partial charge in [-0.25, -0.2) is 9.78 Å². The maximum Gasteiger partial charge on any atom is 0.333 e. The Hall–Kier alpha value is -1.95. The van der Waals surface area contributed by atoms with E-state index in [4.69, 9.17) is 0 Å². The van der Waals surface area contributed by atoms with Crippen molar-refractivity contribution in [2.45, 2.75) is 12.5 Å². The molecule has 5 nitrogen and oxygen atoms in total. The van der Waals surface area contributed by atoms with Gasteiger partial charge >= 0.3 is 5.97 Å². The number of aromatic nitrogens is 2. The van der Waals surface area contributed by atoms with E-state index < -0.39 is 11.5 Å². The number of nitrogens with one attached hydrogen (secondary N) is 1. The summed E-state index contributed by atoms with van der Waals surface area (Å²) >= 11 is 1.41. The average molecular weight is 249 g/mol. The lowest BCUT2D eigenvalue weighted by molar-refractivity contribution is -0.142. The van der Waals surface area contributed by atoms with E-state index in [2.05, 4.69) is 15.3 Å². The van der Waals surface area contributed by atoms with Gasteiger partial charge in [-0.3, -0.25) is 4.98 Å². The van der Waals surface area contributed by atoms with Crippen molar-refractivity contribution in [1.82, 2.24) is 9.97 Å². The summed E-state index contributed by atoms with van der Waals surface area (Å²) in [5.74, 6) is -0.409. The van der Waals surface area contributed by atoms with E-state index >= 15 is 0 Å². The highest BCUT2D eigenvalue weighted by molar-refractivity contribution is 7.07. The van der Waals surface area contributed by atoms with Gasteiger partial charge in [-0.1, -0.05) is 0 Å². The highest BCUT2D eigenvalue weighted by Gasteiger charge is 2.35. The van der Waals surface area contributed by atoms with Gasteiger partial charge in [0, 0.05) is 17.8 Å². The Bertz CT molecular complexity index is 501. The molecule has 0 spiro atoms. The summed E-state index contributed by atoms with van der Waals surface area (Å²) < 4.78 is 0. The predicted octanol–water partition coefficient (Wildman–Crippen LogP) is 1.95. The molecule has 2 aromatic heterocycles. The lowest BCUT2D eigenvalue weighted by Gasteiger charge is -2.26. The SMILES string of the molecule is CC(Nc1cscn1)(C(=O)O)c1ccncc1. The zero-order valence-electron chi connectivity index (χ0n) is 9.12. The maximum absolute atomic E-state index is 11.4. The smallest absolute Gasteiger partial charge is 0.333 e. The lowest BCUT2D eigenvalue weighted by atomic mass is 9.93. The van der Waals surface area contributed by atoms with Crippen LogP contribution in [0.4, 0.5) is 5.82 Å². The van der Waals surface area contributed by atoms with Crippen LogP contribution in [0, 0.1) is 0 Å². The van der Waals surface area contributed by atoms with Crippen LogP contribution < -0.4 is 5.32 Å². The number of carboxylic acid groups (broad SMARTS) is 1. The van der Waals surface area contributed by atoms with Crippen molar-refractivity contribution in [3.8, 4) is 0 Å². The topological polar surface area (TPSA) is 75.1 Å². The van der Waals surface area contributed by atoms with Crippen LogP contribution in [0.25, 0.3) is 0 Å². The zero-order chi connectivity index (χ0) is 12.3. The zero-order valence-corrected chi connectivity index (χ0v) is 9.94. The summed E-state index contributed by atoms with van der Waals surface area (Å²) in [5, 5.41) is 14.1. The fraction of sp³-hybridized carbons (Fsp3) is 0.182. The highest BCUT2D eigenvalue weighted by atomic mass is 32.1. The number of carboxylic acids is 1. The molecule has 2 rings (SSSR count). The summed E-state index contributed by atoms with van der Waals surface area (Å²) in [5.41, 5.74) is 1.07. The number of anilines is 1. The number of rotatable bonds is 4. The normalized spacial score (nSPS) is 13.9. The second-order valence-electron chi connectivity index (χ2n) is 3.66. The van der Waals surface area contributed by atoms with Crippen molar-refractivity contribution in [3.05, 3.63) is 41.0 Å². The number of aliphatic carboxylic acids is 1. The standard InChI is InChI=1S/C11H11N3O2S/c1-11(10(15)16,8-2-4-12-5-3-8)14-9-6-17-7-13-9/h2-7,14H,1H3,(H,15,16). The minimum atomic E-state index is -1.21. The molecule has 6 heteroatoms. The Kier molecular flexibility index (Phi) is 3.06. The molecule has 17 heavy (non-hydrogen) atoms. The molecular weight excluding hydrogens is 238 g/mol. The molecule has 2 heterocycles. The van der Waals surface area contributed by atoms with Gasteiger partial charge in [0.2, 0.25) is 0 Å². The highest BCUT2D eigenvalue weighted by Crippen LogP contribution is 2.25. The summed E-state index contributed by atoms with van der Waals surface area (Å²) in [6.45, 7) is 1.60. The summed E-state index contributed by atoms with van der Waals surface area (Å²) in [6, 6.07) is 3.35. The van der Waals surface area contributed by atoms with E-state index in [9.17, 15) is 9.90 Å². The summed E-state index contributed by atoms with van der Waals surface area (Å²) in [4.78, 5) is 19.4. The van der Waals surface area contributed by atoms with E-state index in [1.54, 1.807) is 42.3 Å². The molecule has 0 aliphatic carbocycles. The third-order valence-corrected chi connectivity index (χ3v) is 3.08. The first-order valence-corrected chi connectivity index (χ1v) is 5.87. The monoisotopic (exact) mass is 249 g/mol. The van der Waals surface area contributed by atoms with E-state index in [0.717, 1.165) is 0 Å². The molecule has 0 aliphatic heterocycles. The van der Waals surface area contributed by atoms with Crippen LogP contribution in [0.15, 0.2) is 35.4 Å². The van der Waals surface area contributed by atoms with Gasteiger partial charge in [0.25, 0.3) is 0 Å². The molecule has 2 aromatic rings. The molecule has 0 saturated carbocycles. The Morgan fingerprint density at radius 3 is 2.71 bits per heavy atom. The van der Waals surface area contributed by atoms with Crippen molar-refractivity contribution in [2.75, 3.05) is 5.32 Å². The van der Waals surface area contributed by atoms with Gasteiger partial charge in [0.1, 0.15) is 5.82 Å². The van der Waals surface area contributed by atoms with E-state index in [0.29, 0.717) is 11.4 Å². The van der Waals surface area contributed by atoms with Crippen LogP contribution in [0.1, 0.15) is 12.5 Å². The molecule has 88 valence electrons. The molecule has 0 amide bonds. The average Bonchev–Trinajstić information content (AvgIpc) is 2.82. The fourth-order valence-corrected chi connectivity index (χ4v) is 1.95. The Morgan fingerprint density at radius 2 is 2.18 bits per heavy atom. The van der Waals surface area contributed by atoms with Gasteiger partial charge in [-0.2, -0.15) is 0 Å². The Morgan fingerprint density at radius 1 is 1.47 bits per heavy atom. The summed E-state index contributed by atoms with van der Waals surface area (Å²) in [7, 11) is 0. The van der Waals surface area contributed by atoms with Crippen LogP contribution in [-0.4, -0.2) is 21.0 Å². The molecule has 0 aromatic carbocycles. The number of hydrogen-bond donors (Lipinski definition) is 2. The van der Waals surface area contributed by atoms with Crippen molar-refractivity contribution in [1.29, 1.82) is 0 Å². The molecule has 0 bridgehead atoms. The van der Waals surface area contributed by atoms with Gasteiger partial charge < -0.3 is 10.4 Å². The molecular formula is C11H11N3O2S. The molecule has 0 radical (unpaired) electrons. The van der Waals surface area contributed by atoms with Crippen molar-refractivity contribution in [2.24, 2.45) is 0 Å². The van der Waals surface area contributed by atoms with Crippen LogP contribution >= 0.6 is 11.3 Å². The minimum Gasteiger partial charge on any atom is -0.479 e. The van der Waals surface area contributed by atoms with Crippen molar-refractivity contribution < 1.29 is 9.90 Å². The lowest BCUT2D eigenvalue weighted by Crippen LogP contribution is -2.40. The third kappa shape index (κ3) is 2.26. The molecule has 1 unspecified atom stereocenters. The number of carbonyl (C=O) groups is 1. The van der Waals surface area contributed by atoms with Gasteiger partial charge in [0.15, 0.2) is 5.54 Å². The van der Waals surface area contributed by atoms with Crippen LogP contribution in [-0.2, 0) is 10.3 Å². The third-order valence-electron chi connectivity index (χ3n) is 2.50. The first-order chi connectivity index (χ1) is 8.13. The fourth-order valence-electron chi connectivity index (χ4n) is 1.46. The predicted molar refractivity (Wildman–Crippen MR) is 65.0 cm³/mol. The number of pyridine rings is 1. The molecule has 0 aliphatic rings. The maximum atomic E-state index is 11.4. The van der Waals surface area contributed by atoms with Crippen molar-refractivity contribution >= 4 is 23.1 Å². The Balaban J connectivity index is 2.37. The van der Waals surface area contributed by atoms with Crippen LogP contribution in [0.2, 0.25) is 0 Å². The molecule has 2 N–H and O–H groups in total. The largest absolute Gasteiger partial charge is 0.479 e. The van der Waals surface area contributed by atoms with E-state index in [-0.39, 0.29) is 0 Å². The quantitative estimate of drug-likeness (QED) is 0.866. The van der Waals surface area contributed by atoms with E-state index in [1.165, 1.54) is 11.3 Å². The first kappa shape index (κ1) is 11.5. The van der Waals surface area contributed by atoms with Crippen LogP contribution in [0.3, 0.4) is 0 Å². The number of thiazole rings is 1. The molecule has 0 saturated heterocycles. The van der Waals surface area contributed by atoms with Gasteiger partial charge in [0.05, 0.1) is 5.51 Å².